The number of nitrogens with zero attached hydrogens (tertiary/aromatic N) is 3. The van der Waals surface area contributed by atoms with Crippen molar-refractivity contribution < 1.29 is 5.11 Å². The Hall–Kier alpha value is -1.36. The highest BCUT2D eigenvalue weighted by molar-refractivity contribution is 5.59. The number of likely N-dealkylation sites (N-methyl/N-ethyl adjacent to an activating group) is 1. The van der Waals surface area contributed by atoms with Gasteiger partial charge in [0.1, 0.15) is 18.0 Å². The first-order valence-electron chi connectivity index (χ1n) is 7.98. The fraction of sp³-hybridized carbons (Fsp3) is 0.750. The van der Waals surface area contributed by atoms with Gasteiger partial charge in [-0.1, -0.05) is 20.3 Å². The molecule has 120 valence electrons. The third-order valence-electron chi connectivity index (χ3n) is 3.22. The molecule has 5 nitrogen and oxygen atoms in total. The van der Waals surface area contributed by atoms with Crippen molar-refractivity contribution in [3.05, 3.63) is 11.9 Å². The van der Waals surface area contributed by atoms with Gasteiger partial charge in [0.25, 0.3) is 0 Å². The van der Waals surface area contributed by atoms with Gasteiger partial charge in [0, 0.05) is 25.2 Å². The second-order valence-corrected chi connectivity index (χ2v) is 6.03. The summed E-state index contributed by atoms with van der Waals surface area (Å²) in [5.74, 6) is 1.87. The maximum Gasteiger partial charge on any atom is 0.137 e. The van der Waals surface area contributed by atoms with Crippen molar-refractivity contribution in [2.24, 2.45) is 0 Å². The van der Waals surface area contributed by atoms with Crippen LogP contribution in [0.25, 0.3) is 0 Å². The molecule has 0 atom stereocenters. The summed E-state index contributed by atoms with van der Waals surface area (Å²) in [6.07, 6.45) is 4.65. The van der Waals surface area contributed by atoms with Gasteiger partial charge in [-0.3, -0.25) is 0 Å². The molecule has 0 spiro atoms. The molecule has 1 aromatic heterocycles. The van der Waals surface area contributed by atoms with Crippen molar-refractivity contribution >= 4 is 11.6 Å². The predicted octanol–water partition coefficient (Wildman–Crippen LogP) is 2.85. The third kappa shape index (κ3) is 5.50. The van der Waals surface area contributed by atoms with Crippen LogP contribution in [0.2, 0.25) is 0 Å². The highest BCUT2D eigenvalue weighted by atomic mass is 16.3. The van der Waals surface area contributed by atoms with E-state index < -0.39 is 5.60 Å². The average Bonchev–Trinajstić information content (AvgIpc) is 2.43. The Morgan fingerprint density at radius 1 is 1.19 bits per heavy atom. The minimum absolute atomic E-state index is 0.560. The van der Waals surface area contributed by atoms with E-state index in [0.717, 1.165) is 49.6 Å². The predicted molar refractivity (Wildman–Crippen MR) is 89.0 cm³/mol. The summed E-state index contributed by atoms with van der Waals surface area (Å²) in [5.41, 5.74) is 0.404. The Labute approximate surface area is 128 Å². The first kappa shape index (κ1) is 17.7. The molecule has 0 saturated heterocycles. The molecule has 1 aromatic rings. The molecule has 0 radical (unpaired) electrons. The van der Waals surface area contributed by atoms with E-state index in [4.69, 9.17) is 0 Å². The standard InChI is InChI=1S/C16H30N4O/c1-6-9-13-14(17-10-7-2)18-12-19-15(13)20(8-3)11-16(4,5)21/h12,21H,6-11H2,1-5H3,(H,17,18,19). The van der Waals surface area contributed by atoms with Gasteiger partial charge in [-0.2, -0.15) is 0 Å². The van der Waals surface area contributed by atoms with E-state index in [0.29, 0.717) is 6.54 Å². The molecular weight excluding hydrogens is 264 g/mol. The number of aromatic nitrogens is 2. The summed E-state index contributed by atoms with van der Waals surface area (Å²) in [5, 5.41) is 13.5. The van der Waals surface area contributed by atoms with Crippen LogP contribution in [0, 0.1) is 0 Å². The summed E-state index contributed by atoms with van der Waals surface area (Å²) in [6.45, 7) is 12.3. The zero-order valence-corrected chi connectivity index (χ0v) is 14.1. The summed E-state index contributed by atoms with van der Waals surface area (Å²) in [7, 11) is 0. The molecule has 0 fully saturated rings. The summed E-state index contributed by atoms with van der Waals surface area (Å²) >= 11 is 0. The second kappa shape index (κ2) is 8.17. The van der Waals surface area contributed by atoms with Crippen molar-refractivity contribution in [1.29, 1.82) is 0 Å². The summed E-state index contributed by atoms with van der Waals surface area (Å²) < 4.78 is 0. The first-order valence-corrected chi connectivity index (χ1v) is 7.98. The van der Waals surface area contributed by atoms with Crippen LogP contribution >= 0.6 is 0 Å². The molecule has 0 bridgehead atoms. The minimum Gasteiger partial charge on any atom is -0.389 e. The summed E-state index contributed by atoms with van der Waals surface area (Å²) in [4.78, 5) is 11.0. The van der Waals surface area contributed by atoms with Crippen molar-refractivity contribution in [2.75, 3.05) is 29.9 Å². The minimum atomic E-state index is -0.749. The zero-order chi connectivity index (χ0) is 15.9. The Bertz CT molecular complexity index is 429. The molecule has 5 heteroatoms. The molecule has 0 aliphatic heterocycles. The largest absolute Gasteiger partial charge is 0.389 e. The number of nitrogens with one attached hydrogen (secondary N) is 1. The number of aliphatic hydroxyl groups is 1. The average molecular weight is 294 g/mol. The van der Waals surface area contributed by atoms with Gasteiger partial charge >= 0.3 is 0 Å². The fourth-order valence-corrected chi connectivity index (χ4v) is 2.36. The van der Waals surface area contributed by atoms with E-state index in [2.05, 4.69) is 41.0 Å². The maximum atomic E-state index is 10.1. The van der Waals surface area contributed by atoms with Gasteiger partial charge in [-0.05, 0) is 33.6 Å². The van der Waals surface area contributed by atoms with E-state index in [-0.39, 0.29) is 0 Å². The molecule has 0 aliphatic carbocycles. The third-order valence-corrected chi connectivity index (χ3v) is 3.22. The highest BCUT2D eigenvalue weighted by Crippen LogP contribution is 2.26. The molecule has 1 rings (SSSR count). The SMILES string of the molecule is CCCNc1ncnc(N(CC)CC(C)(C)O)c1CCC. The lowest BCUT2D eigenvalue weighted by Gasteiger charge is -2.30. The normalized spacial score (nSPS) is 11.5. The van der Waals surface area contributed by atoms with Crippen LogP contribution in [0.15, 0.2) is 6.33 Å². The van der Waals surface area contributed by atoms with Gasteiger partial charge in [-0.15, -0.1) is 0 Å². The van der Waals surface area contributed by atoms with Crippen molar-refractivity contribution in [3.8, 4) is 0 Å². The van der Waals surface area contributed by atoms with Gasteiger partial charge < -0.3 is 15.3 Å². The van der Waals surface area contributed by atoms with Crippen molar-refractivity contribution in [1.82, 2.24) is 9.97 Å². The molecule has 21 heavy (non-hydrogen) atoms. The molecule has 2 N–H and O–H groups in total. The quantitative estimate of drug-likeness (QED) is 0.733. The van der Waals surface area contributed by atoms with Crippen molar-refractivity contribution in [3.63, 3.8) is 0 Å². The lowest BCUT2D eigenvalue weighted by atomic mass is 10.1. The van der Waals surface area contributed by atoms with Crippen LogP contribution in [0.3, 0.4) is 0 Å². The van der Waals surface area contributed by atoms with Crippen LogP contribution in [0.5, 0.6) is 0 Å². The Balaban J connectivity index is 3.13. The number of rotatable bonds is 9. The number of anilines is 2. The Kier molecular flexibility index (Phi) is 6.89. The lowest BCUT2D eigenvalue weighted by Crippen LogP contribution is -2.39. The fourth-order valence-electron chi connectivity index (χ4n) is 2.36. The van der Waals surface area contributed by atoms with Gasteiger partial charge in [0.05, 0.1) is 5.60 Å². The van der Waals surface area contributed by atoms with E-state index in [1.807, 2.05) is 13.8 Å². The molecule has 0 aliphatic rings. The van der Waals surface area contributed by atoms with Crippen LogP contribution in [0.1, 0.15) is 53.0 Å². The summed E-state index contributed by atoms with van der Waals surface area (Å²) in [6, 6.07) is 0. The second-order valence-electron chi connectivity index (χ2n) is 6.03. The number of hydrogen-bond donors (Lipinski definition) is 2. The van der Waals surface area contributed by atoms with Gasteiger partial charge in [0.15, 0.2) is 0 Å². The van der Waals surface area contributed by atoms with Crippen LogP contribution in [0.4, 0.5) is 11.6 Å². The lowest BCUT2D eigenvalue weighted by molar-refractivity contribution is 0.0874. The topological polar surface area (TPSA) is 61.3 Å². The van der Waals surface area contributed by atoms with Crippen molar-refractivity contribution in [2.45, 2.75) is 59.5 Å². The molecule has 0 aromatic carbocycles. The van der Waals surface area contributed by atoms with E-state index in [1.54, 1.807) is 6.33 Å². The van der Waals surface area contributed by atoms with Crippen LogP contribution in [-0.4, -0.2) is 40.3 Å². The zero-order valence-electron chi connectivity index (χ0n) is 14.1. The van der Waals surface area contributed by atoms with E-state index >= 15 is 0 Å². The van der Waals surface area contributed by atoms with Crippen LogP contribution in [-0.2, 0) is 6.42 Å². The van der Waals surface area contributed by atoms with Gasteiger partial charge in [-0.25, -0.2) is 9.97 Å². The molecular formula is C16H30N4O. The van der Waals surface area contributed by atoms with E-state index in [9.17, 15) is 5.11 Å². The smallest absolute Gasteiger partial charge is 0.137 e. The number of hydrogen-bond acceptors (Lipinski definition) is 5. The highest BCUT2D eigenvalue weighted by Gasteiger charge is 2.22. The maximum absolute atomic E-state index is 10.1. The Morgan fingerprint density at radius 3 is 2.43 bits per heavy atom. The first-order chi connectivity index (χ1) is 9.92. The molecule has 1 heterocycles. The molecule has 0 amide bonds. The monoisotopic (exact) mass is 294 g/mol. The van der Waals surface area contributed by atoms with E-state index in [1.165, 1.54) is 0 Å². The molecule has 0 unspecified atom stereocenters. The van der Waals surface area contributed by atoms with Crippen LogP contribution < -0.4 is 10.2 Å². The molecule has 0 saturated carbocycles. The van der Waals surface area contributed by atoms with Gasteiger partial charge in [0.2, 0.25) is 0 Å². The Morgan fingerprint density at radius 2 is 1.90 bits per heavy atom.